The van der Waals surface area contributed by atoms with Gasteiger partial charge < -0.3 is 5.11 Å². The standard InChI is InChI=1S/C10H12BrNO/c1-8(13)6-12-7-9-4-2-3-5-10(9)11/h2-5,7-8,13H,6H2,1H3. The second kappa shape index (κ2) is 5.14. The fourth-order valence-electron chi connectivity index (χ4n) is 0.883. The van der Waals surface area contributed by atoms with E-state index in [0.717, 1.165) is 10.0 Å². The van der Waals surface area contributed by atoms with Gasteiger partial charge in [-0.05, 0) is 13.0 Å². The van der Waals surface area contributed by atoms with Crippen molar-refractivity contribution in [1.82, 2.24) is 0 Å². The molecular formula is C10H12BrNO. The molecule has 70 valence electrons. The molecule has 13 heavy (non-hydrogen) atoms. The lowest BCUT2D eigenvalue weighted by Gasteiger charge is -1.98. The molecule has 0 radical (unpaired) electrons. The third-order valence-corrected chi connectivity index (χ3v) is 2.23. The molecule has 3 heteroatoms. The fraction of sp³-hybridized carbons (Fsp3) is 0.300. The molecule has 0 amide bonds. The van der Waals surface area contributed by atoms with E-state index in [4.69, 9.17) is 5.11 Å². The first-order valence-corrected chi connectivity index (χ1v) is 4.92. The molecule has 1 unspecified atom stereocenters. The summed E-state index contributed by atoms with van der Waals surface area (Å²) in [6, 6.07) is 7.84. The Hall–Kier alpha value is -0.670. The molecule has 0 aliphatic carbocycles. The number of rotatable bonds is 3. The zero-order chi connectivity index (χ0) is 9.68. The predicted octanol–water partition coefficient (Wildman–Crippen LogP) is 2.25. The normalized spacial score (nSPS) is 13.5. The Morgan fingerprint density at radius 1 is 1.54 bits per heavy atom. The van der Waals surface area contributed by atoms with E-state index in [1.807, 2.05) is 24.3 Å². The van der Waals surface area contributed by atoms with Gasteiger partial charge in [-0.25, -0.2) is 0 Å². The zero-order valence-corrected chi connectivity index (χ0v) is 9.03. The molecule has 1 rings (SSSR count). The maximum absolute atomic E-state index is 8.97. The molecule has 0 heterocycles. The molecule has 0 aromatic heterocycles. The van der Waals surface area contributed by atoms with E-state index in [9.17, 15) is 0 Å². The Bertz CT molecular complexity index is 297. The SMILES string of the molecule is CC(O)CN=Cc1ccccc1Br. The van der Waals surface area contributed by atoms with Crippen LogP contribution in [0.1, 0.15) is 12.5 Å². The largest absolute Gasteiger partial charge is 0.391 e. The lowest BCUT2D eigenvalue weighted by molar-refractivity contribution is 0.204. The van der Waals surface area contributed by atoms with E-state index >= 15 is 0 Å². The summed E-state index contributed by atoms with van der Waals surface area (Å²) in [5, 5.41) is 8.97. The Balaban J connectivity index is 2.63. The summed E-state index contributed by atoms with van der Waals surface area (Å²) in [7, 11) is 0. The van der Waals surface area contributed by atoms with Gasteiger partial charge in [-0.15, -0.1) is 0 Å². The Labute approximate surface area is 86.4 Å². The van der Waals surface area contributed by atoms with Crippen molar-refractivity contribution in [3.05, 3.63) is 34.3 Å². The molecule has 2 nitrogen and oxygen atoms in total. The number of aliphatic hydroxyl groups excluding tert-OH is 1. The number of aliphatic hydroxyl groups is 1. The number of hydrogen-bond donors (Lipinski definition) is 1. The fourth-order valence-corrected chi connectivity index (χ4v) is 1.27. The first kappa shape index (κ1) is 10.4. The summed E-state index contributed by atoms with van der Waals surface area (Å²) in [5.74, 6) is 0. The summed E-state index contributed by atoms with van der Waals surface area (Å²) in [5.41, 5.74) is 1.03. The second-order valence-electron chi connectivity index (χ2n) is 2.86. The van der Waals surface area contributed by atoms with Crippen LogP contribution in [-0.4, -0.2) is 24.0 Å². The number of hydrogen-bond acceptors (Lipinski definition) is 2. The molecular weight excluding hydrogens is 230 g/mol. The first-order chi connectivity index (χ1) is 6.20. The summed E-state index contributed by atoms with van der Waals surface area (Å²) in [6.07, 6.45) is 1.38. The van der Waals surface area contributed by atoms with Crippen molar-refractivity contribution in [3.8, 4) is 0 Å². The first-order valence-electron chi connectivity index (χ1n) is 4.12. The van der Waals surface area contributed by atoms with Crippen molar-refractivity contribution in [1.29, 1.82) is 0 Å². The molecule has 0 saturated carbocycles. The number of halogens is 1. The van der Waals surface area contributed by atoms with Crippen molar-refractivity contribution >= 4 is 22.1 Å². The maximum Gasteiger partial charge on any atom is 0.0707 e. The topological polar surface area (TPSA) is 32.6 Å². The highest BCUT2D eigenvalue weighted by Gasteiger charge is 1.94. The van der Waals surface area contributed by atoms with Gasteiger partial charge in [0.15, 0.2) is 0 Å². The van der Waals surface area contributed by atoms with Crippen molar-refractivity contribution in [2.45, 2.75) is 13.0 Å². The third kappa shape index (κ3) is 3.70. The van der Waals surface area contributed by atoms with Gasteiger partial charge in [0.1, 0.15) is 0 Å². The Kier molecular flexibility index (Phi) is 4.12. The van der Waals surface area contributed by atoms with Gasteiger partial charge in [0.25, 0.3) is 0 Å². The van der Waals surface area contributed by atoms with Gasteiger partial charge in [-0.3, -0.25) is 4.99 Å². The molecule has 0 saturated heterocycles. The van der Waals surface area contributed by atoms with E-state index < -0.39 is 0 Å². The lowest BCUT2D eigenvalue weighted by Crippen LogP contribution is -2.03. The lowest BCUT2D eigenvalue weighted by atomic mass is 10.2. The molecule has 1 N–H and O–H groups in total. The van der Waals surface area contributed by atoms with Crippen LogP contribution in [0.25, 0.3) is 0 Å². The van der Waals surface area contributed by atoms with Crippen LogP contribution in [0.4, 0.5) is 0 Å². The van der Waals surface area contributed by atoms with Gasteiger partial charge in [0, 0.05) is 16.3 Å². The van der Waals surface area contributed by atoms with E-state index in [-0.39, 0.29) is 6.10 Å². The summed E-state index contributed by atoms with van der Waals surface area (Å²) in [6.45, 7) is 2.17. The average molecular weight is 242 g/mol. The van der Waals surface area contributed by atoms with Crippen LogP contribution in [-0.2, 0) is 0 Å². The molecule has 0 spiro atoms. The van der Waals surface area contributed by atoms with Gasteiger partial charge in [-0.2, -0.15) is 0 Å². The number of aliphatic imine (C=N–C) groups is 1. The molecule has 0 aliphatic heterocycles. The van der Waals surface area contributed by atoms with Crippen molar-refractivity contribution in [2.75, 3.05) is 6.54 Å². The van der Waals surface area contributed by atoms with Gasteiger partial charge >= 0.3 is 0 Å². The van der Waals surface area contributed by atoms with E-state index in [0.29, 0.717) is 6.54 Å². The van der Waals surface area contributed by atoms with E-state index in [1.165, 1.54) is 0 Å². The van der Waals surface area contributed by atoms with Gasteiger partial charge in [0.05, 0.1) is 12.6 Å². The highest BCUT2D eigenvalue weighted by atomic mass is 79.9. The van der Waals surface area contributed by atoms with Crippen LogP contribution >= 0.6 is 15.9 Å². The second-order valence-corrected chi connectivity index (χ2v) is 3.72. The minimum Gasteiger partial charge on any atom is -0.391 e. The molecule has 1 aromatic carbocycles. The van der Waals surface area contributed by atoms with Crippen LogP contribution in [0.2, 0.25) is 0 Å². The van der Waals surface area contributed by atoms with Crippen molar-refractivity contribution < 1.29 is 5.11 Å². The van der Waals surface area contributed by atoms with Crippen LogP contribution in [0.5, 0.6) is 0 Å². The van der Waals surface area contributed by atoms with Crippen molar-refractivity contribution in [2.24, 2.45) is 4.99 Å². The Morgan fingerprint density at radius 2 is 2.23 bits per heavy atom. The number of nitrogens with zero attached hydrogens (tertiary/aromatic N) is 1. The van der Waals surface area contributed by atoms with Gasteiger partial charge in [0.2, 0.25) is 0 Å². The molecule has 1 atom stereocenters. The molecule has 1 aromatic rings. The van der Waals surface area contributed by atoms with Crippen LogP contribution < -0.4 is 0 Å². The zero-order valence-electron chi connectivity index (χ0n) is 7.44. The molecule has 0 bridgehead atoms. The molecule has 0 fully saturated rings. The van der Waals surface area contributed by atoms with Crippen molar-refractivity contribution in [3.63, 3.8) is 0 Å². The van der Waals surface area contributed by atoms with E-state index in [2.05, 4.69) is 20.9 Å². The van der Waals surface area contributed by atoms with E-state index in [1.54, 1.807) is 13.1 Å². The highest BCUT2D eigenvalue weighted by molar-refractivity contribution is 9.10. The minimum absolute atomic E-state index is 0.376. The molecule has 0 aliphatic rings. The minimum atomic E-state index is -0.376. The summed E-state index contributed by atoms with van der Waals surface area (Å²) < 4.78 is 1.02. The summed E-state index contributed by atoms with van der Waals surface area (Å²) in [4.78, 5) is 4.10. The summed E-state index contributed by atoms with van der Waals surface area (Å²) >= 11 is 3.41. The van der Waals surface area contributed by atoms with Gasteiger partial charge in [-0.1, -0.05) is 34.1 Å². The highest BCUT2D eigenvalue weighted by Crippen LogP contribution is 2.13. The van der Waals surface area contributed by atoms with Crippen LogP contribution in [0.15, 0.2) is 33.7 Å². The quantitative estimate of drug-likeness (QED) is 0.810. The monoisotopic (exact) mass is 241 g/mol. The third-order valence-electron chi connectivity index (χ3n) is 1.51. The predicted molar refractivity (Wildman–Crippen MR) is 58.3 cm³/mol. The maximum atomic E-state index is 8.97. The van der Waals surface area contributed by atoms with Crippen LogP contribution in [0, 0.1) is 0 Å². The number of benzene rings is 1. The van der Waals surface area contributed by atoms with Crippen LogP contribution in [0.3, 0.4) is 0 Å². The average Bonchev–Trinajstić information content (AvgIpc) is 2.08. The Morgan fingerprint density at radius 3 is 2.85 bits per heavy atom. The smallest absolute Gasteiger partial charge is 0.0707 e.